The molecule has 0 saturated heterocycles. The summed E-state index contributed by atoms with van der Waals surface area (Å²) in [6.45, 7) is 0.933. The monoisotopic (exact) mass is 331 g/mol. The third kappa shape index (κ3) is 3.83. The molecule has 0 N–H and O–H groups in total. The Morgan fingerprint density at radius 2 is 1.85 bits per heavy atom. The maximum atomic E-state index is 8.92. The van der Waals surface area contributed by atoms with Gasteiger partial charge < -0.3 is 9.47 Å². The lowest BCUT2D eigenvalue weighted by Gasteiger charge is -2.09. The predicted octanol–water partition coefficient (Wildman–Crippen LogP) is 4.05. The van der Waals surface area contributed by atoms with Crippen molar-refractivity contribution in [2.45, 2.75) is 13.2 Å². The molecule has 0 saturated carbocycles. The van der Waals surface area contributed by atoms with Gasteiger partial charge in [0, 0.05) is 10.0 Å². The van der Waals surface area contributed by atoms with Gasteiger partial charge in [0.25, 0.3) is 0 Å². The topological polar surface area (TPSA) is 42.2 Å². The van der Waals surface area contributed by atoms with Gasteiger partial charge in [-0.3, -0.25) is 0 Å². The summed E-state index contributed by atoms with van der Waals surface area (Å²) in [4.78, 5) is 0. The Labute approximate surface area is 126 Å². The van der Waals surface area contributed by atoms with Gasteiger partial charge in [0.15, 0.2) is 0 Å². The molecule has 2 aromatic carbocycles. The van der Waals surface area contributed by atoms with E-state index in [2.05, 4.69) is 22.0 Å². The normalized spacial score (nSPS) is 10.1. The third-order valence-corrected chi connectivity index (χ3v) is 3.38. The second-order valence-electron chi connectivity index (χ2n) is 4.26. The number of halogens is 1. The highest BCUT2D eigenvalue weighted by atomic mass is 79.9. The van der Waals surface area contributed by atoms with Gasteiger partial charge in [0.2, 0.25) is 0 Å². The first-order valence-electron chi connectivity index (χ1n) is 6.12. The summed E-state index contributed by atoms with van der Waals surface area (Å²) >= 11 is 3.40. The average Bonchev–Trinajstić information content (AvgIpc) is 2.49. The molecular weight excluding hydrogens is 318 g/mol. The van der Waals surface area contributed by atoms with Crippen molar-refractivity contribution < 1.29 is 9.47 Å². The van der Waals surface area contributed by atoms with Crippen LogP contribution in [0.4, 0.5) is 0 Å². The maximum Gasteiger partial charge on any atom is 0.124 e. The second-order valence-corrected chi connectivity index (χ2v) is 5.17. The van der Waals surface area contributed by atoms with Crippen molar-refractivity contribution in [2.75, 3.05) is 7.11 Å². The number of rotatable bonds is 5. The molecule has 0 atom stereocenters. The van der Waals surface area contributed by atoms with Crippen LogP contribution in [-0.4, -0.2) is 7.11 Å². The van der Waals surface area contributed by atoms with Crippen LogP contribution in [0.5, 0.6) is 5.75 Å². The zero-order valence-electron chi connectivity index (χ0n) is 11.1. The highest BCUT2D eigenvalue weighted by molar-refractivity contribution is 9.10. The SMILES string of the molecule is COc1ccc(C#N)cc1COCc1ccc(Br)cc1. The van der Waals surface area contributed by atoms with Crippen molar-refractivity contribution in [3.8, 4) is 11.8 Å². The Kier molecular flexibility index (Phi) is 5.16. The van der Waals surface area contributed by atoms with Gasteiger partial charge in [0.05, 0.1) is 32.0 Å². The first kappa shape index (κ1) is 14.6. The van der Waals surface area contributed by atoms with Crippen LogP contribution in [0.3, 0.4) is 0 Å². The molecule has 0 aromatic heterocycles. The molecule has 0 amide bonds. The molecule has 0 aliphatic heterocycles. The molecule has 0 unspecified atom stereocenters. The Morgan fingerprint density at radius 3 is 2.50 bits per heavy atom. The van der Waals surface area contributed by atoms with Crippen molar-refractivity contribution in [1.29, 1.82) is 5.26 Å². The van der Waals surface area contributed by atoms with Gasteiger partial charge in [-0.05, 0) is 35.9 Å². The zero-order valence-corrected chi connectivity index (χ0v) is 12.7. The Hall–Kier alpha value is -1.83. The van der Waals surface area contributed by atoms with Crippen LogP contribution >= 0.6 is 15.9 Å². The predicted molar refractivity (Wildman–Crippen MR) is 80.3 cm³/mol. The van der Waals surface area contributed by atoms with Crippen molar-refractivity contribution in [2.24, 2.45) is 0 Å². The fourth-order valence-corrected chi connectivity index (χ4v) is 2.08. The summed E-state index contributed by atoms with van der Waals surface area (Å²) in [5.41, 5.74) is 2.58. The first-order valence-corrected chi connectivity index (χ1v) is 6.91. The zero-order chi connectivity index (χ0) is 14.4. The molecule has 0 aliphatic rings. The summed E-state index contributed by atoms with van der Waals surface area (Å²) in [7, 11) is 1.61. The minimum Gasteiger partial charge on any atom is -0.496 e. The molecule has 3 nitrogen and oxygen atoms in total. The summed E-state index contributed by atoms with van der Waals surface area (Å²) in [6, 6.07) is 15.4. The molecule has 2 aromatic rings. The minimum atomic E-state index is 0.411. The van der Waals surface area contributed by atoms with Crippen LogP contribution in [0, 0.1) is 11.3 Å². The number of methoxy groups -OCH3 is 1. The molecule has 0 aliphatic carbocycles. The van der Waals surface area contributed by atoms with Gasteiger partial charge in [-0.15, -0.1) is 0 Å². The van der Waals surface area contributed by atoms with Gasteiger partial charge in [-0.25, -0.2) is 0 Å². The Morgan fingerprint density at radius 1 is 1.10 bits per heavy atom. The second kappa shape index (κ2) is 7.09. The number of hydrogen-bond acceptors (Lipinski definition) is 3. The summed E-state index contributed by atoms with van der Waals surface area (Å²) in [5.74, 6) is 0.736. The summed E-state index contributed by atoms with van der Waals surface area (Å²) in [5, 5.41) is 8.92. The highest BCUT2D eigenvalue weighted by Crippen LogP contribution is 2.21. The summed E-state index contributed by atoms with van der Waals surface area (Å²) in [6.07, 6.45) is 0. The standard InChI is InChI=1S/C16H14BrNO2/c1-19-16-7-4-13(9-18)8-14(16)11-20-10-12-2-5-15(17)6-3-12/h2-8H,10-11H2,1H3. The van der Waals surface area contributed by atoms with E-state index in [4.69, 9.17) is 14.7 Å². The molecule has 0 fully saturated rings. The van der Waals surface area contributed by atoms with E-state index in [1.807, 2.05) is 24.3 Å². The van der Waals surface area contributed by atoms with Gasteiger partial charge >= 0.3 is 0 Å². The summed E-state index contributed by atoms with van der Waals surface area (Å²) < 4.78 is 12.0. The van der Waals surface area contributed by atoms with E-state index < -0.39 is 0 Å². The van der Waals surface area contributed by atoms with E-state index in [0.29, 0.717) is 18.8 Å². The molecule has 4 heteroatoms. The van der Waals surface area contributed by atoms with Crippen LogP contribution in [-0.2, 0) is 18.0 Å². The lowest BCUT2D eigenvalue weighted by molar-refractivity contribution is 0.105. The van der Waals surface area contributed by atoms with E-state index in [9.17, 15) is 0 Å². The van der Waals surface area contributed by atoms with Crippen molar-refractivity contribution in [1.82, 2.24) is 0 Å². The number of ether oxygens (including phenoxy) is 2. The molecule has 0 radical (unpaired) electrons. The van der Waals surface area contributed by atoms with Crippen LogP contribution in [0.15, 0.2) is 46.9 Å². The van der Waals surface area contributed by atoms with Crippen LogP contribution in [0.25, 0.3) is 0 Å². The number of hydrogen-bond donors (Lipinski definition) is 0. The Balaban J connectivity index is 2.00. The molecular formula is C16H14BrNO2. The minimum absolute atomic E-state index is 0.411. The van der Waals surface area contributed by atoms with Crippen LogP contribution in [0.2, 0.25) is 0 Å². The van der Waals surface area contributed by atoms with E-state index in [1.54, 1.807) is 25.3 Å². The van der Waals surface area contributed by atoms with Crippen LogP contribution in [0.1, 0.15) is 16.7 Å². The smallest absolute Gasteiger partial charge is 0.124 e. The van der Waals surface area contributed by atoms with Gasteiger partial charge in [-0.1, -0.05) is 28.1 Å². The molecule has 0 bridgehead atoms. The van der Waals surface area contributed by atoms with Gasteiger partial charge in [-0.2, -0.15) is 5.26 Å². The average molecular weight is 332 g/mol. The van der Waals surface area contributed by atoms with Gasteiger partial charge in [0.1, 0.15) is 5.75 Å². The molecule has 0 spiro atoms. The fourth-order valence-electron chi connectivity index (χ4n) is 1.82. The number of benzene rings is 2. The largest absolute Gasteiger partial charge is 0.496 e. The van der Waals surface area contributed by atoms with E-state index in [0.717, 1.165) is 21.3 Å². The van der Waals surface area contributed by atoms with Crippen LogP contribution < -0.4 is 4.74 Å². The van der Waals surface area contributed by atoms with E-state index >= 15 is 0 Å². The third-order valence-electron chi connectivity index (χ3n) is 2.85. The van der Waals surface area contributed by atoms with E-state index in [-0.39, 0.29) is 0 Å². The fraction of sp³-hybridized carbons (Fsp3) is 0.188. The molecule has 102 valence electrons. The van der Waals surface area contributed by atoms with Crippen molar-refractivity contribution in [3.05, 3.63) is 63.6 Å². The molecule has 20 heavy (non-hydrogen) atoms. The number of nitrogens with zero attached hydrogens (tertiary/aromatic N) is 1. The quantitative estimate of drug-likeness (QED) is 0.830. The first-order chi connectivity index (χ1) is 9.72. The Bertz CT molecular complexity index is 617. The highest BCUT2D eigenvalue weighted by Gasteiger charge is 2.05. The number of nitriles is 1. The molecule has 2 rings (SSSR count). The van der Waals surface area contributed by atoms with Crippen molar-refractivity contribution >= 4 is 15.9 Å². The maximum absolute atomic E-state index is 8.92. The lowest BCUT2D eigenvalue weighted by atomic mass is 10.1. The molecule has 0 heterocycles. The van der Waals surface area contributed by atoms with Crippen molar-refractivity contribution in [3.63, 3.8) is 0 Å². The van der Waals surface area contributed by atoms with E-state index in [1.165, 1.54) is 0 Å². The lowest BCUT2D eigenvalue weighted by Crippen LogP contribution is -1.98.